The second kappa shape index (κ2) is 4.66. The van der Waals surface area contributed by atoms with Crippen LogP contribution in [-0.2, 0) is 6.54 Å². The Kier molecular flexibility index (Phi) is 3.05. The molecule has 92 valence electrons. The number of benzene rings is 1. The zero-order valence-corrected chi connectivity index (χ0v) is 9.16. The zero-order valence-electron chi connectivity index (χ0n) is 9.16. The molecule has 0 aliphatic heterocycles. The fraction of sp³-hybridized carbons (Fsp3) is 0.0909. The minimum Gasteiger partial charge on any atom is -0.493 e. The highest BCUT2D eigenvalue weighted by atomic mass is 16.3. The van der Waals surface area contributed by atoms with Crippen LogP contribution in [-0.4, -0.2) is 14.7 Å². The molecule has 0 aliphatic rings. The monoisotopic (exact) mass is 247 g/mol. The lowest BCUT2D eigenvalue weighted by atomic mass is 10.2. The van der Waals surface area contributed by atoms with Crippen LogP contribution in [0.25, 0.3) is 0 Å². The molecule has 2 aromatic rings. The van der Waals surface area contributed by atoms with Crippen molar-refractivity contribution in [1.82, 2.24) is 9.55 Å². The third-order valence-corrected chi connectivity index (χ3v) is 2.42. The van der Waals surface area contributed by atoms with Crippen LogP contribution in [0.15, 0.2) is 45.1 Å². The van der Waals surface area contributed by atoms with Crippen molar-refractivity contribution in [3.8, 4) is 5.88 Å². The van der Waals surface area contributed by atoms with Gasteiger partial charge in [0.05, 0.1) is 6.54 Å². The zero-order chi connectivity index (χ0) is 13.1. The summed E-state index contributed by atoms with van der Waals surface area (Å²) < 4.78 is 0.869. The van der Waals surface area contributed by atoms with Crippen LogP contribution in [0.1, 0.15) is 5.56 Å². The summed E-state index contributed by atoms with van der Waals surface area (Å²) in [6.45, 7) is 0.0325. The average molecular weight is 247 g/mol. The molecule has 2 rings (SSSR count). The van der Waals surface area contributed by atoms with E-state index in [1.165, 1.54) is 0 Å². The van der Waals surface area contributed by atoms with E-state index in [4.69, 9.17) is 0 Å². The van der Waals surface area contributed by atoms with Crippen LogP contribution < -0.4 is 11.2 Å². The first-order valence-corrected chi connectivity index (χ1v) is 5.07. The van der Waals surface area contributed by atoms with Crippen molar-refractivity contribution in [2.75, 3.05) is 0 Å². The molecule has 0 aliphatic carbocycles. The van der Waals surface area contributed by atoms with Crippen molar-refractivity contribution < 1.29 is 5.11 Å². The Morgan fingerprint density at radius 1 is 1.22 bits per heavy atom. The molecule has 1 heterocycles. The van der Waals surface area contributed by atoms with Gasteiger partial charge in [-0.05, 0) is 10.7 Å². The van der Waals surface area contributed by atoms with Gasteiger partial charge in [-0.1, -0.05) is 30.3 Å². The number of rotatable bonds is 3. The van der Waals surface area contributed by atoms with E-state index >= 15 is 0 Å². The molecule has 1 aromatic heterocycles. The van der Waals surface area contributed by atoms with Crippen molar-refractivity contribution in [1.29, 1.82) is 0 Å². The molecular formula is C11H9N3O4. The average Bonchev–Trinajstić information content (AvgIpc) is 2.36. The van der Waals surface area contributed by atoms with Gasteiger partial charge in [0.25, 0.3) is 5.56 Å². The lowest BCUT2D eigenvalue weighted by molar-refractivity contribution is 0.411. The molecule has 0 fully saturated rings. The fourth-order valence-electron chi connectivity index (χ4n) is 1.54. The topological polar surface area (TPSA) is 105 Å². The molecule has 1 aromatic carbocycles. The summed E-state index contributed by atoms with van der Waals surface area (Å²) in [5.41, 5.74) is -1.77. The molecule has 0 amide bonds. The predicted molar refractivity (Wildman–Crippen MR) is 64.0 cm³/mol. The normalized spacial score (nSPS) is 10.2. The maximum absolute atomic E-state index is 11.5. The predicted octanol–water partition coefficient (Wildman–Crippen LogP) is 0.688. The van der Waals surface area contributed by atoms with E-state index in [0.717, 1.165) is 10.1 Å². The molecule has 7 heteroatoms. The van der Waals surface area contributed by atoms with E-state index in [2.05, 4.69) is 5.18 Å². The lowest BCUT2D eigenvalue weighted by Gasteiger charge is -2.08. The van der Waals surface area contributed by atoms with Crippen LogP contribution >= 0.6 is 0 Å². The minimum atomic E-state index is -1.00. The second-order valence-electron chi connectivity index (χ2n) is 3.59. The Morgan fingerprint density at radius 2 is 1.89 bits per heavy atom. The second-order valence-corrected chi connectivity index (χ2v) is 3.59. The van der Waals surface area contributed by atoms with E-state index < -0.39 is 22.8 Å². The number of nitroso groups, excluding NO2 is 1. The quantitative estimate of drug-likeness (QED) is 0.778. The first kappa shape index (κ1) is 11.8. The van der Waals surface area contributed by atoms with Crippen molar-refractivity contribution >= 4 is 5.69 Å². The molecule has 18 heavy (non-hydrogen) atoms. The highest BCUT2D eigenvalue weighted by Gasteiger charge is 2.14. The molecule has 0 bridgehead atoms. The van der Waals surface area contributed by atoms with Gasteiger partial charge in [0.1, 0.15) is 0 Å². The smallest absolute Gasteiger partial charge is 0.331 e. The molecule has 0 spiro atoms. The van der Waals surface area contributed by atoms with Gasteiger partial charge in [-0.25, -0.2) is 4.79 Å². The number of H-pyrrole nitrogens is 1. The Bertz CT molecular complexity index is 688. The Balaban J connectivity index is 2.55. The standard InChI is InChI=1S/C11H9N3O4/c15-9-8(13-18)10(16)14(11(17)12-9)6-7-4-2-1-3-5-7/h1-5,16H,6H2,(H,12,15,17). The summed E-state index contributed by atoms with van der Waals surface area (Å²) in [4.78, 5) is 35.0. The molecule has 0 unspecified atom stereocenters. The third kappa shape index (κ3) is 2.05. The number of nitrogens with zero attached hydrogens (tertiary/aromatic N) is 2. The largest absolute Gasteiger partial charge is 0.493 e. The Labute approximate surface area is 100 Å². The van der Waals surface area contributed by atoms with Gasteiger partial charge in [0.2, 0.25) is 11.6 Å². The van der Waals surface area contributed by atoms with Crippen LogP contribution in [0.2, 0.25) is 0 Å². The molecule has 2 N–H and O–H groups in total. The molecular weight excluding hydrogens is 238 g/mol. The number of aromatic nitrogens is 2. The third-order valence-electron chi connectivity index (χ3n) is 2.42. The number of hydrogen-bond acceptors (Lipinski definition) is 5. The van der Waals surface area contributed by atoms with E-state index in [-0.39, 0.29) is 6.54 Å². The molecule has 0 saturated heterocycles. The van der Waals surface area contributed by atoms with Gasteiger partial charge in [-0.2, -0.15) is 0 Å². The number of aromatic hydroxyl groups is 1. The number of hydrogen-bond donors (Lipinski definition) is 2. The Hall–Kier alpha value is -2.70. The first-order chi connectivity index (χ1) is 8.63. The van der Waals surface area contributed by atoms with Gasteiger partial charge in [0.15, 0.2) is 0 Å². The minimum absolute atomic E-state index is 0.0325. The van der Waals surface area contributed by atoms with Crippen LogP contribution in [0.4, 0.5) is 5.69 Å². The van der Waals surface area contributed by atoms with Crippen molar-refractivity contribution in [2.24, 2.45) is 5.18 Å². The summed E-state index contributed by atoms with van der Waals surface area (Å²) in [7, 11) is 0. The SMILES string of the molecule is O=Nc1c(O)n(Cc2ccccc2)c(=O)[nH]c1=O. The number of aromatic amines is 1. The van der Waals surface area contributed by atoms with E-state index in [1.54, 1.807) is 30.3 Å². The molecule has 0 saturated carbocycles. The highest BCUT2D eigenvalue weighted by Crippen LogP contribution is 2.19. The van der Waals surface area contributed by atoms with Gasteiger partial charge in [-0.3, -0.25) is 14.3 Å². The summed E-state index contributed by atoms with van der Waals surface area (Å²) >= 11 is 0. The van der Waals surface area contributed by atoms with Gasteiger partial charge >= 0.3 is 5.69 Å². The fourth-order valence-corrected chi connectivity index (χ4v) is 1.54. The highest BCUT2D eigenvalue weighted by molar-refractivity contribution is 5.43. The Morgan fingerprint density at radius 3 is 2.50 bits per heavy atom. The number of nitrogens with one attached hydrogen (secondary N) is 1. The van der Waals surface area contributed by atoms with Crippen LogP contribution in [0.5, 0.6) is 5.88 Å². The maximum atomic E-state index is 11.5. The maximum Gasteiger partial charge on any atom is 0.331 e. The van der Waals surface area contributed by atoms with Gasteiger partial charge in [0, 0.05) is 0 Å². The summed E-state index contributed by atoms with van der Waals surface area (Å²) in [6, 6.07) is 8.82. The van der Waals surface area contributed by atoms with Gasteiger partial charge in [-0.15, -0.1) is 4.91 Å². The lowest BCUT2D eigenvalue weighted by Crippen LogP contribution is -2.29. The van der Waals surface area contributed by atoms with Crippen LogP contribution in [0, 0.1) is 4.91 Å². The van der Waals surface area contributed by atoms with Crippen molar-refractivity contribution in [3.05, 3.63) is 61.6 Å². The van der Waals surface area contributed by atoms with E-state index in [1.807, 2.05) is 4.98 Å². The molecule has 0 radical (unpaired) electrons. The summed E-state index contributed by atoms with van der Waals surface area (Å²) in [5, 5.41) is 12.1. The molecule has 0 atom stereocenters. The molecule has 7 nitrogen and oxygen atoms in total. The first-order valence-electron chi connectivity index (χ1n) is 5.07. The van der Waals surface area contributed by atoms with E-state index in [0.29, 0.717) is 0 Å². The van der Waals surface area contributed by atoms with Gasteiger partial charge < -0.3 is 5.11 Å². The summed E-state index contributed by atoms with van der Waals surface area (Å²) in [5.74, 6) is -0.734. The van der Waals surface area contributed by atoms with Crippen molar-refractivity contribution in [3.63, 3.8) is 0 Å². The van der Waals surface area contributed by atoms with Crippen LogP contribution in [0.3, 0.4) is 0 Å². The van der Waals surface area contributed by atoms with E-state index in [9.17, 15) is 19.6 Å². The van der Waals surface area contributed by atoms with Crippen molar-refractivity contribution in [2.45, 2.75) is 6.54 Å². The summed E-state index contributed by atoms with van der Waals surface area (Å²) in [6.07, 6.45) is 0.